The van der Waals surface area contributed by atoms with Crippen molar-refractivity contribution in [2.24, 2.45) is 5.92 Å². The highest BCUT2D eigenvalue weighted by Crippen LogP contribution is 2.22. The van der Waals surface area contributed by atoms with Gasteiger partial charge in [-0.2, -0.15) is 4.68 Å². The Hall–Kier alpha value is -3.86. The summed E-state index contributed by atoms with van der Waals surface area (Å²) >= 11 is 5.99. The Balaban J connectivity index is 1.75. The van der Waals surface area contributed by atoms with Gasteiger partial charge in [0.15, 0.2) is 6.73 Å². The zero-order chi connectivity index (χ0) is 23.4. The third kappa shape index (κ3) is 4.89. The first-order valence-electron chi connectivity index (χ1n) is 9.43. The number of fused-ring (bicyclic) bond motifs is 1. The number of esters is 1. The molecule has 12 heteroatoms. The van der Waals surface area contributed by atoms with Crippen molar-refractivity contribution < 1.29 is 19.2 Å². The number of carbonyl (C=O) groups is 2. The van der Waals surface area contributed by atoms with E-state index in [-0.39, 0.29) is 16.3 Å². The maximum atomic E-state index is 12.6. The van der Waals surface area contributed by atoms with Gasteiger partial charge in [-0.15, -0.1) is 5.10 Å². The highest BCUT2D eigenvalue weighted by Gasteiger charge is 2.28. The smallest absolute Gasteiger partial charge is 0.330 e. The lowest BCUT2D eigenvalue weighted by molar-refractivity contribution is -0.384. The molecule has 1 aromatic heterocycles. The van der Waals surface area contributed by atoms with E-state index in [4.69, 9.17) is 16.3 Å². The van der Waals surface area contributed by atoms with E-state index in [2.05, 4.69) is 15.6 Å². The van der Waals surface area contributed by atoms with Crippen molar-refractivity contribution in [3.05, 3.63) is 73.5 Å². The number of carbonyl (C=O) groups excluding carboxylic acids is 2. The van der Waals surface area contributed by atoms with Crippen molar-refractivity contribution in [1.82, 2.24) is 20.3 Å². The van der Waals surface area contributed by atoms with Gasteiger partial charge in [0.05, 0.1) is 20.9 Å². The molecule has 11 nitrogen and oxygen atoms in total. The van der Waals surface area contributed by atoms with Gasteiger partial charge in [0.25, 0.3) is 17.2 Å². The molecule has 0 aliphatic rings. The molecule has 3 rings (SSSR count). The SMILES string of the molecule is CC(C)[C@@H](NC(=O)c1cc([N+](=O)[O-])ccc1Cl)C(=O)OCn1nnc2ccccc2c1=O. The maximum absolute atomic E-state index is 12.6. The van der Waals surface area contributed by atoms with E-state index < -0.39 is 41.0 Å². The summed E-state index contributed by atoms with van der Waals surface area (Å²) in [7, 11) is 0. The van der Waals surface area contributed by atoms with E-state index in [0.29, 0.717) is 10.9 Å². The van der Waals surface area contributed by atoms with Gasteiger partial charge < -0.3 is 10.1 Å². The van der Waals surface area contributed by atoms with Crippen LogP contribution >= 0.6 is 11.6 Å². The highest BCUT2D eigenvalue weighted by molar-refractivity contribution is 6.34. The first-order valence-corrected chi connectivity index (χ1v) is 9.81. The molecule has 0 saturated heterocycles. The number of nitrogens with one attached hydrogen (secondary N) is 1. The monoisotopic (exact) mass is 459 g/mol. The van der Waals surface area contributed by atoms with E-state index in [0.717, 1.165) is 16.8 Å². The van der Waals surface area contributed by atoms with Crippen molar-refractivity contribution in [3.63, 3.8) is 0 Å². The fourth-order valence-electron chi connectivity index (χ4n) is 2.84. The van der Waals surface area contributed by atoms with Crippen LogP contribution in [0.2, 0.25) is 5.02 Å². The van der Waals surface area contributed by atoms with Gasteiger partial charge in [-0.05, 0) is 24.1 Å². The predicted octanol–water partition coefficient (Wildman–Crippen LogP) is 2.31. The summed E-state index contributed by atoms with van der Waals surface area (Å²) in [6.45, 7) is 2.83. The second-order valence-corrected chi connectivity index (χ2v) is 7.53. The second-order valence-electron chi connectivity index (χ2n) is 7.12. The van der Waals surface area contributed by atoms with Gasteiger partial charge in [0.1, 0.15) is 11.6 Å². The Morgan fingerprint density at radius 3 is 2.66 bits per heavy atom. The molecule has 0 unspecified atom stereocenters. The number of ether oxygens (including phenoxy) is 1. The number of halogens is 1. The minimum Gasteiger partial charge on any atom is -0.441 e. The summed E-state index contributed by atoms with van der Waals surface area (Å²) in [6, 6.07) is 8.88. The molecule has 166 valence electrons. The van der Waals surface area contributed by atoms with Crippen LogP contribution in [0.4, 0.5) is 5.69 Å². The molecular formula is C20H18ClN5O6. The number of non-ortho nitro benzene ring substituents is 1. The number of amides is 1. The molecule has 0 aliphatic heterocycles. The first kappa shape index (κ1) is 22.8. The number of benzene rings is 2. The molecule has 32 heavy (non-hydrogen) atoms. The van der Waals surface area contributed by atoms with Crippen molar-refractivity contribution in [2.45, 2.75) is 26.6 Å². The maximum Gasteiger partial charge on any atom is 0.330 e. The van der Waals surface area contributed by atoms with Crippen LogP contribution in [-0.4, -0.2) is 37.8 Å². The normalized spacial score (nSPS) is 11.9. The summed E-state index contributed by atoms with van der Waals surface area (Å²) in [5.41, 5.74) is -0.563. The van der Waals surface area contributed by atoms with E-state index in [1.807, 2.05) is 0 Å². The molecule has 1 heterocycles. The van der Waals surface area contributed by atoms with Gasteiger partial charge in [0, 0.05) is 12.1 Å². The van der Waals surface area contributed by atoms with Crippen molar-refractivity contribution in [1.29, 1.82) is 0 Å². The first-order chi connectivity index (χ1) is 15.2. The van der Waals surface area contributed by atoms with Crippen LogP contribution in [0.25, 0.3) is 10.9 Å². The van der Waals surface area contributed by atoms with Crippen molar-refractivity contribution >= 4 is 40.1 Å². The van der Waals surface area contributed by atoms with E-state index in [1.54, 1.807) is 38.1 Å². The molecule has 2 aromatic carbocycles. The molecule has 0 bridgehead atoms. The van der Waals surface area contributed by atoms with Crippen LogP contribution in [0.15, 0.2) is 47.3 Å². The van der Waals surface area contributed by atoms with Crippen LogP contribution in [0.1, 0.15) is 24.2 Å². The molecule has 3 aromatic rings. The average Bonchev–Trinajstić information content (AvgIpc) is 2.76. The van der Waals surface area contributed by atoms with Gasteiger partial charge in [0.2, 0.25) is 0 Å². The van der Waals surface area contributed by atoms with Crippen LogP contribution in [0.5, 0.6) is 0 Å². The average molecular weight is 460 g/mol. The summed E-state index contributed by atoms with van der Waals surface area (Å²) in [4.78, 5) is 48.0. The Labute approximate surface area is 186 Å². The fraction of sp³-hybridized carbons (Fsp3) is 0.250. The van der Waals surface area contributed by atoms with E-state index >= 15 is 0 Å². The minimum absolute atomic E-state index is 0.0121. The standard InChI is InChI=1S/C20H18ClN5O6/c1-11(2)17(22-18(27)14-9-12(26(30)31)7-8-15(14)21)20(29)32-10-25-19(28)13-5-3-4-6-16(13)23-24-25/h3-9,11,17H,10H2,1-2H3,(H,22,27)/t17-/m1/s1. The Morgan fingerprint density at radius 2 is 1.97 bits per heavy atom. The van der Waals surface area contributed by atoms with E-state index in [9.17, 15) is 24.5 Å². The molecule has 1 N–H and O–H groups in total. The number of hydrogen-bond acceptors (Lipinski definition) is 8. The number of nitro benzene ring substituents is 1. The Bertz CT molecular complexity index is 1260. The number of nitrogens with zero attached hydrogens (tertiary/aromatic N) is 4. The van der Waals surface area contributed by atoms with Crippen LogP contribution in [-0.2, 0) is 16.3 Å². The van der Waals surface area contributed by atoms with Gasteiger partial charge >= 0.3 is 5.97 Å². The molecular weight excluding hydrogens is 442 g/mol. The lowest BCUT2D eigenvalue weighted by Gasteiger charge is -2.21. The summed E-state index contributed by atoms with van der Waals surface area (Å²) < 4.78 is 6.06. The Morgan fingerprint density at radius 1 is 1.25 bits per heavy atom. The van der Waals surface area contributed by atoms with Crippen molar-refractivity contribution in [3.8, 4) is 0 Å². The van der Waals surface area contributed by atoms with E-state index in [1.165, 1.54) is 6.07 Å². The molecule has 0 saturated carbocycles. The van der Waals surface area contributed by atoms with Crippen molar-refractivity contribution in [2.75, 3.05) is 0 Å². The minimum atomic E-state index is -1.11. The van der Waals surface area contributed by atoms with Crippen LogP contribution < -0.4 is 10.9 Å². The summed E-state index contributed by atoms with van der Waals surface area (Å²) in [5, 5.41) is 21.4. The molecule has 0 radical (unpaired) electrons. The van der Waals surface area contributed by atoms with Gasteiger partial charge in [-0.1, -0.05) is 42.8 Å². The quantitative estimate of drug-likeness (QED) is 0.321. The lowest BCUT2D eigenvalue weighted by Crippen LogP contribution is -2.45. The Kier molecular flexibility index (Phi) is 6.79. The van der Waals surface area contributed by atoms with Gasteiger partial charge in [-0.3, -0.25) is 19.7 Å². The number of aromatic nitrogens is 3. The van der Waals surface area contributed by atoms with Gasteiger partial charge in [-0.25, -0.2) is 4.79 Å². The zero-order valence-electron chi connectivity index (χ0n) is 17.0. The molecule has 0 spiro atoms. The third-order valence-corrected chi connectivity index (χ3v) is 4.90. The molecule has 1 atom stereocenters. The number of hydrogen-bond donors (Lipinski definition) is 1. The summed E-state index contributed by atoms with van der Waals surface area (Å²) in [6.07, 6.45) is 0. The number of rotatable bonds is 7. The third-order valence-electron chi connectivity index (χ3n) is 4.57. The molecule has 0 fully saturated rings. The van der Waals surface area contributed by atoms with Crippen LogP contribution in [0.3, 0.4) is 0 Å². The zero-order valence-corrected chi connectivity index (χ0v) is 17.8. The fourth-order valence-corrected chi connectivity index (χ4v) is 3.04. The number of nitro groups is 1. The largest absolute Gasteiger partial charge is 0.441 e. The molecule has 1 amide bonds. The second kappa shape index (κ2) is 9.52. The van der Waals surface area contributed by atoms with Crippen LogP contribution in [0, 0.1) is 16.0 Å². The topological polar surface area (TPSA) is 146 Å². The highest BCUT2D eigenvalue weighted by atomic mass is 35.5. The lowest BCUT2D eigenvalue weighted by atomic mass is 10.0. The molecule has 0 aliphatic carbocycles. The predicted molar refractivity (Wildman–Crippen MR) is 114 cm³/mol. The summed E-state index contributed by atoms with van der Waals surface area (Å²) in [5.74, 6) is -2.00.